The maximum Gasteiger partial charge on any atom is 0.323 e. The van der Waals surface area contributed by atoms with Crippen LogP contribution in [0.1, 0.15) is 13.8 Å². The third kappa shape index (κ3) is 2.67. The van der Waals surface area contributed by atoms with Gasteiger partial charge >= 0.3 is 5.97 Å². The lowest BCUT2D eigenvalue weighted by molar-refractivity contribution is -0.156. The van der Waals surface area contributed by atoms with Gasteiger partial charge in [-0.1, -0.05) is 0 Å². The Hall–Kier alpha value is -2.57. The van der Waals surface area contributed by atoms with Gasteiger partial charge in [0, 0.05) is 5.69 Å². The first kappa shape index (κ1) is 14.8. The molecule has 2 rings (SSSR count). The van der Waals surface area contributed by atoms with E-state index in [1.807, 2.05) is 0 Å². The Bertz CT molecular complexity index is 562. The smallest absolute Gasteiger partial charge is 0.323 e. The van der Waals surface area contributed by atoms with Crippen molar-refractivity contribution in [2.24, 2.45) is 0 Å². The van der Waals surface area contributed by atoms with Crippen molar-refractivity contribution in [2.45, 2.75) is 25.9 Å². The summed E-state index contributed by atoms with van der Waals surface area (Å²) < 4.78 is 0. The number of carboxylic acid groups (broad SMARTS) is 1. The fourth-order valence-electron chi connectivity index (χ4n) is 2.50. The Morgan fingerprint density at radius 1 is 1.10 bits per heavy atom. The molecule has 2 N–H and O–H groups in total. The molecule has 1 aromatic rings. The molecule has 1 aliphatic heterocycles. The Morgan fingerprint density at radius 2 is 1.57 bits per heavy atom. The first-order chi connectivity index (χ1) is 9.82. The van der Waals surface area contributed by atoms with Gasteiger partial charge in [0.05, 0.1) is 0 Å². The predicted octanol–water partition coefficient (Wildman–Crippen LogP) is 0.429. The van der Waals surface area contributed by atoms with E-state index in [-0.39, 0.29) is 5.75 Å². The van der Waals surface area contributed by atoms with E-state index in [0.29, 0.717) is 5.69 Å². The second-order valence-electron chi connectivity index (χ2n) is 4.93. The van der Waals surface area contributed by atoms with E-state index in [0.717, 1.165) is 4.90 Å². The largest absolute Gasteiger partial charge is 0.508 e. The van der Waals surface area contributed by atoms with Crippen LogP contribution in [-0.2, 0) is 14.4 Å². The summed E-state index contributed by atoms with van der Waals surface area (Å²) in [5, 5.41) is 18.1. The number of aromatic hydroxyl groups is 1. The van der Waals surface area contributed by atoms with Crippen LogP contribution < -0.4 is 4.90 Å². The molecular formula is C14H16N2O5. The molecule has 1 aromatic carbocycles. The third-order valence-corrected chi connectivity index (χ3v) is 3.52. The zero-order valence-corrected chi connectivity index (χ0v) is 11.7. The van der Waals surface area contributed by atoms with Gasteiger partial charge < -0.3 is 15.1 Å². The normalized spacial score (nSPS) is 22.6. The average molecular weight is 292 g/mol. The number of carbonyl (C=O) groups excluding carboxylic acids is 2. The van der Waals surface area contributed by atoms with Crippen LogP contribution in [0.5, 0.6) is 5.75 Å². The van der Waals surface area contributed by atoms with E-state index in [2.05, 4.69) is 0 Å². The highest BCUT2D eigenvalue weighted by Gasteiger charge is 2.43. The third-order valence-electron chi connectivity index (χ3n) is 3.52. The van der Waals surface area contributed by atoms with E-state index in [9.17, 15) is 19.5 Å². The number of hydrogen-bond donors (Lipinski definition) is 2. The molecule has 0 aromatic heterocycles. The molecule has 1 saturated heterocycles. The molecule has 21 heavy (non-hydrogen) atoms. The minimum atomic E-state index is -1.23. The maximum absolute atomic E-state index is 12.2. The molecule has 0 aliphatic carbocycles. The summed E-state index contributed by atoms with van der Waals surface area (Å²) in [6.07, 6.45) is 0. The van der Waals surface area contributed by atoms with Crippen molar-refractivity contribution in [3.63, 3.8) is 0 Å². The van der Waals surface area contributed by atoms with Gasteiger partial charge in [0.2, 0.25) is 0 Å². The number of imide groups is 1. The number of rotatable bonds is 3. The van der Waals surface area contributed by atoms with Crippen molar-refractivity contribution in [2.75, 3.05) is 11.4 Å². The van der Waals surface area contributed by atoms with Crippen LogP contribution in [0.3, 0.4) is 0 Å². The molecule has 1 fully saturated rings. The number of nitrogens with zero attached hydrogens (tertiary/aromatic N) is 2. The minimum absolute atomic E-state index is 0.0845. The van der Waals surface area contributed by atoms with Gasteiger partial charge in [-0.3, -0.25) is 19.3 Å². The lowest BCUT2D eigenvalue weighted by atomic mass is 10.0. The maximum atomic E-state index is 12.2. The Morgan fingerprint density at radius 3 is 2.00 bits per heavy atom. The van der Waals surface area contributed by atoms with Crippen LogP contribution in [0.25, 0.3) is 0 Å². The molecule has 2 amide bonds. The van der Waals surface area contributed by atoms with E-state index >= 15 is 0 Å². The van der Waals surface area contributed by atoms with Gasteiger partial charge in [0.15, 0.2) is 0 Å². The van der Waals surface area contributed by atoms with Gasteiger partial charge in [0.1, 0.15) is 24.4 Å². The second kappa shape index (κ2) is 5.43. The molecule has 1 aliphatic rings. The zero-order valence-electron chi connectivity index (χ0n) is 11.7. The minimum Gasteiger partial charge on any atom is -0.508 e. The number of phenolic OH excluding ortho intramolecular Hbond substituents is 1. The molecule has 2 unspecified atom stereocenters. The zero-order chi connectivity index (χ0) is 15.7. The highest BCUT2D eigenvalue weighted by Crippen LogP contribution is 2.27. The van der Waals surface area contributed by atoms with Crippen molar-refractivity contribution in [3.8, 4) is 5.75 Å². The summed E-state index contributed by atoms with van der Waals surface area (Å²) in [5.41, 5.74) is 0.615. The molecular weight excluding hydrogens is 276 g/mol. The first-order valence-electron chi connectivity index (χ1n) is 6.47. The summed E-state index contributed by atoms with van der Waals surface area (Å²) in [4.78, 5) is 37.6. The molecule has 0 saturated carbocycles. The summed E-state index contributed by atoms with van der Waals surface area (Å²) >= 11 is 0. The van der Waals surface area contributed by atoms with Crippen molar-refractivity contribution < 1.29 is 24.6 Å². The van der Waals surface area contributed by atoms with Gasteiger partial charge in [-0.05, 0) is 38.1 Å². The average Bonchev–Trinajstić information content (AvgIpc) is 2.43. The molecule has 1 heterocycles. The molecule has 7 heteroatoms. The number of phenols is 1. The number of carbonyl (C=O) groups is 3. The number of amides is 2. The Kier molecular flexibility index (Phi) is 3.84. The van der Waals surface area contributed by atoms with Crippen LogP contribution in [0, 0.1) is 0 Å². The molecule has 112 valence electrons. The van der Waals surface area contributed by atoms with E-state index in [1.165, 1.54) is 12.1 Å². The van der Waals surface area contributed by atoms with Crippen LogP contribution in [0.2, 0.25) is 0 Å². The lowest BCUT2D eigenvalue weighted by Crippen LogP contribution is -2.64. The van der Waals surface area contributed by atoms with Crippen molar-refractivity contribution in [1.29, 1.82) is 0 Å². The molecule has 0 bridgehead atoms. The van der Waals surface area contributed by atoms with Gasteiger partial charge in [-0.25, -0.2) is 0 Å². The van der Waals surface area contributed by atoms with Crippen LogP contribution in [-0.4, -0.2) is 51.5 Å². The number of benzene rings is 1. The number of carboxylic acids is 1. The monoisotopic (exact) mass is 292 g/mol. The quantitative estimate of drug-likeness (QED) is 0.784. The standard InChI is InChI=1S/C14H16N2O5/c1-8-13(20)15(7-12(18)19)14(21)9(2)16(8)10-3-5-11(17)6-4-10/h3-6,8-9,17H,7H2,1-2H3,(H,18,19). The number of aliphatic carboxylic acids is 1. The summed E-state index contributed by atoms with van der Waals surface area (Å²) in [5.74, 6) is -2.24. The first-order valence-corrected chi connectivity index (χ1v) is 6.47. The fraction of sp³-hybridized carbons (Fsp3) is 0.357. The number of piperazine rings is 1. The SMILES string of the molecule is CC1C(=O)N(CC(=O)O)C(=O)C(C)N1c1ccc(O)cc1. The van der Waals surface area contributed by atoms with E-state index < -0.39 is 36.4 Å². The summed E-state index contributed by atoms with van der Waals surface area (Å²) in [7, 11) is 0. The van der Waals surface area contributed by atoms with E-state index in [1.54, 1.807) is 30.9 Å². The van der Waals surface area contributed by atoms with Crippen LogP contribution in [0.4, 0.5) is 5.69 Å². The highest BCUT2D eigenvalue weighted by molar-refractivity contribution is 6.07. The fourth-order valence-corrected chi connectivity index (χ4v) is 2.50. The topological polar surface area (TPSA) is 98.2 Å². The highest BCUT2D eigenvalue weighted by atomic mass is 16.4. The van der Waals surface area contributed by atoms with Crippen LogP contribution >= 0.6 is 0 Å². The summed E-state index contributed by atoms with van der Waals surface area (Å²) in [6.45, 7) is 2.61. The Balaban J connectivity index is 2.34. The van der Waals surface area contributed by atoms with Gasteiger partial charge in [-0.15, -0.1) is 0 Å². The lowest BCUT2D eigenvalue weighted by Gasteiger charge is -2.42. The number of anilines is 1. The van der Waals surface area contributed by atoms with Crippen molar-refractivity contribution >= 4 is 23.5 Å². The second-order valence-corrected chi connectivity index (χ2v) is 4.93. The number of hydrogen-bond acceptors (Lipinski definition) is 5. The molecule has 0 radical (unpaired) electrons. The van der Waals surface area contributed by atoms with Crippen LogP contribution in [0.15, 0.2) is 24.3 Å². The van der Waals surface area contributed by atoms with Gasteiger partial charge in [0.25, 0.3) is 11.8 Å². The van der Waals surface area contributed by atoms with Crippen molar-refractivity contribution in [3.05, 3.63) is 24.3 Å². The van der Waals surface area contributed by atoms with E-state index in [4.69, 9.17) is 5.11 Å². The summed E-state index contributed by atoms with van der Waals surface area (Å²) in [6, 6.07) is 4.81. The predicted molar refractivity (Wildman–Crippen MR) is 73.9 cm³/mol. The van der Waals surface area contributed by atoms with Gasteiger partial charge in [-0.2, -0.15) is 0 Å². The van der Waals surface area contributed by atoms with Crippen molar-refractivity contribution in [1.82, 2.24) is 4.90 Å². The Labute approximate surface area is 121 Å². The molecule has 2 atom stereocenters. The molecule has 7 nitrogen and oxygen atoms in total. The molecule has 0 spiro atoms.